The molecule has 0 fully saturated rings. The van der Waals surface area contributed by atoms with E-state index in [2.05, 4.69) is 28.6 Å². The van der Waals surface area contributed by atoms with E-state index in [4.69, 9.17) is 10.5 Å². The number of nitrogens with zero attached hydrogens (tertiary/aromatic N) is 1. The summed E-state index contributed by atoms with van der Waals surface area (Å²) in [6.07, 6.45) is 0.975. The van der Waals surface area contributed by atoms with Crippen LogP contribution in [0.1, 0.15) is 12.5 Å². The minimum Gasteiger partial charge on any atom is -0.496 e. The van der Waals surface area contributed by atoms with Crippen molar-refractivity contribution in [1.29, 1.82) is 0 Å². The highest BCUT2D eigenvalue weighted by atomic mass is 32.1. The number of H-pyrrole nitrogens is 1. The van der Waals surface area contributed by atoms with Crippen LogP contribution in [0.3, 0.4) is 0 Å². The zero-order chi connectivity index (χ0) is 14.8. The van der Waals surface area contributed by atoms with Gasteiger partial charge in [-0.2, -0.15) is 5.10 Å². The van der Waals surface area contributed by atoms with Crippen LogP contribution in [-0.2, 0) is 6.42 Å². The Morgan fingerprint density at radius 2 is 2.10 bits per heavy atom. The Labute approximate surface area is 127 Å². The van der Waals surface area contributed by atoms with Crippen molar-refractivity contribution in [3.63, 3.8) is 0 Å². The summed E-state index contributed by atoms with van der Waals surface area (Å²) < 4.78 is 5.46. The van der Waals surface area contributed by atoms with Gasteiger partial charge in [-0.15, -0.1) is 11.3 Å². The number of para-hydroxylation sites is 1. The van der Waals surface area contributed by atoms with Crippen LogP contribution in [0.4, 0.5) is 5.82 Å². The van der Waals surface area contributed by atoms with Gasteiger partial charge in [-0.1, -0.05) is 25.1 Å². The smallest absolute Gasteiger partial charge is 0.153 e. The van der Waals surface area contributed by atoms with Crippen LogP contribution in [-0.4, -0.2) is 17.3 Å². The third-order valence-electron chi connectivity index (χ3n) is 3.53. The fourth-order valence-electron chi connectivity index (χ4n) is 2.48. The average Bonchev–Trinajstić information content (AvgIpc) is 3.12. The van der Waals surface area contributed by atoms with Gasteiger partial charge in [0.1, 0.15) is 5.75 Å². The van der Waals surface area contributed by atoms with E-state index in [9.17, 15) is 0 Å². The number of anilines is 1. The van der Waals surface area contributed by atoms with Crippen molar-refractivity contribution in [1.82, 2.24) is 10.2 Å². The highest BCUT2D eigenvalue weighted by Crippen LogP contribution is 2.42. The van der Waals surface area contributed by atoms with E-state index in [1.165, 1.54) is 10.4 Å². The van der Waals surface area contributed by atoms with Gasteiger partial charge in [0.2, 0.25) is 0 Å². The van der Waals surface area contributed by atoms with E-state index in [1.54, 1.807) is 18.4 Å². The first-order valence-electron chi connectivity index (χ1n) is 6.80. The predicted molar refractivity (Wildman–Crippen MR) is 87.7 cm³/mol. The summed E-state index contributed by atoms with van der Waals surface area (Å²) in [7, 11) is 1.66. The standard InChI is InChI=1S/C16H17N3OS/c1-3-10-8-9-21-15(10)14-13(16(17)19-18-14)11-6-4-5-7-12(11)20-2/h4-9H,3H2,1-2H3,(H3,17,18,19). The van der Waals surface area contributed by atoms with Crippen molar-refractivity contribution in [2.24, 2.45) is 0 Å². The Hall–Kier alpha value is -2.27. The molecule has 0 aliphatic heterocycles. The lowest BCUT2D eigenvalue weighted by Crippen LogP contribution is -1.92. The summed E-state index contributed by atoms with van der Waals surface area (Å²) in [6.45, 7) is 2.15. The number of nitrogen functional groups attached to an aromatic ring is 1. The maximum Gasteiger partial charge on any atom is 0.153 e. The van der Waals surface area contributed by atoms with E-state index in [-0.39, 0.29) is 0 Å². The molecule has 2 aromatic heterocycles. The number of benzene rings is 1. The summed E-state index contributed by atoms with van der Waals surface area (Å²) in [5.41, 5.74) is 10.2. The molecule has 21 heavy (non-hydrogen) atoms. The Bertz CT molecular complexity index is 760. The second kappa shape index (κ2) is 5.61. The van der Waals surface area contributed by atoms with Crippen molar-refractivity contribution in [2.75, 3.05) is 12.8 Å². The van der Waals surface area contributed by atoms with E-state index in [1.807, 2.05) is 24.3 Å². The Balaban J connectivity index is 2.23. The number of nitrogens with two attached hydrogens (primary N) is 1. The van der Waals surface area contributed by atoms with E-state index in [0.717, 1.165) is 29.0 Å². The summed E-state index contributed by atoms with van der Waals surface area (Å²) in [4.78, 5) is 1.18. The molecule has 0 spiro atoms. The second-order valence-corrected chi connectivity index (χ2v) is 5.60. The van der Waals surface area contributed by atoms with Crippen LogP contribution in [0, 0.1) is 0 Å². The molecular weight excluding hydrogens is 282 g/mol. The van der Waals surface area contributed by atoms with E-state index in [0.29, 0.717) is 5.82 Å². The lowest BCUT2D eigenvalue weighted by molar-refractivity contribution is 0.416. The third kappa shape index (κ3) is 2.29. The molecule has 3 N–H and O–H groups in total. The monoisotopic (exact) mass is 299 g/mol. The number of methoxy groups -OCH3 is 1. The number of hydrogen-bond acceptors (Lipinski definition) is 4. The van der Waals surface area contributed by atoms with E-state index >= 15 is 0 Å². The fourth-order valence-corrected chi connectivity index (χ4v) is 3.48. The van der Waals surface area contributed by atoms with Crippen molar-refractivity contribution in [2.45, 2.75) is 13.3 Å². The average molecular weight is 299 g/mol. The van der Waals surface area contributed by atoms with Crippen LogP contribution < -0.4 is 10.5 Å². The highest BCUT2D eigenvalue weighted by molar-refractivity contribution is 7.13. The first-order chi connectivity index (χ1) is 10.3. The minimum absolute atomic E-state index is 0.491. The Morgan fingerprint density at radius 1 is 1.29 bits per heavy atom. The molecule has 0 saturated carbocycles. The Kier molecular flexibility index (Phi) is 3.66. The number of aryl methyl sites for hydroxylation is 1. The molecule has 0 radical (unpaired) electrons. The van der Waals surface area contributed by atoms with Crippen molar-refractivity contribution in [3.05, 3.63) is 41.3 Å². The van der Waals surface area contributed by atoms with Gasteiger partial charge in [0.25, 0.3) is 0 Å². The van der Waals surface area contributed by atoms with Crippen molar-refractivity contribution < 1.29 is 4.74 Å². The summed E-state index contributed by atoms with van der Waals surface area (Å²) in [5, 5.41) is 9.38. The predicted octanol–water partition coefficient (Wildman–Crippen LogP) is 3.96. The lowest BCUT2D eigenvalue weighted by atomic mass is 10.0. The first-order valence-corrected chi connectivity index (χ1v) is 7.68. The molecule has 3 rings (SSSR count). The number of rotatable bonds is 4. The molecule has 0 unspecified atom stereocenters. The molecular formula is C16H17N3OS. The number of hydrogen-bond donors (Lipinski definition) is 2. The normalized spacial score (nSPS) is 10.8. The lowest BCUT2D eigenvalue weighted by Gasteiger charge is -2.09. The quantitative estimate of drug-likeness (QED) is 0.766. The zero-order valence-electron chi connectivity index (χ0n) is 12.0. The second-order valence-electron chi connectivity index (χ2n) is 4.69. The fraction of sp³-hybridized carbons (Fsp3) is 0.188. The molecule has 0 amide bonds. The van der Waals surface area contributed by atoms with Crippen LogP contribution in [0.25, 0.3) is 21.7 Å². The summed E-state index contributed by atoms with van der Waals surface area (Å²) >= 11 is 1.70. The topological polar surface area (TPSA) is 63.9 Å². The highest BCUT2D eigenvalue weighted by Gasteiger charge is 2.20. The van der Waals surface area contributed by atoms with Gasteiger partial charge in [0, 0.05) is 5.56 Å². The van der Waals surface area contributed by atoms with Crippen LogP contribution in [0.2, 0.25) is 0 Å². The van der Waals surface area contributed by atoms with Crippen LogP contribution in [0.5, 0.6) is 5.75 Å². The van der Waals surface area contributed by atoms with Crippen LogP contribution >= 0.6 is 11.3 Å². The van der Waals surface area contributed by atoms with Crippen molar-refractivity contribution in [3.8, 4) is 27.4 Å². The molecule has 0 bridgehead atoms. The summed E-state index contributed by atoms with van der Waals surface area (Å²) in [6, 6.07) is 10.00. The molecule has 0 aliphatic rings. The molecule has 108 valence electrons. The van der Waals surface area contributed by atoms with Crippen molar-refractivity contribution >= 4 is 17.2 Å². The van der Waals surface area contributed by atoms with Gasteiger partial charge < -0.3 is 10.5 Å². The first kappa shape index (κ1) is 13.7. The van der Waals surface area contributed by atoms with E-state index < -0.39 is 0 Å². The van der Waals surface area contributed by atoms with Gasteiger partial charge in [-0.25, -0.2) is 0 Å². The van der Waals surface area contributed by atoms with Gasteiger partial charge in [0.05, 0.1) is 23.2 Å². The number of aromatic nitrogens is 2. The molecule has 4 nitrogen and oxygen atoms in total. The maximum absolute atomic E-state index is 6.10. The molecule has 5 heteroatoms. The SMILES string of the molecule is CCc1ccsc1-c1[nH]nc(N)c1-c1ccccc1OC. The minimum atomic E-state index is 0.491. The number of thiophene rings is 1. The molecule has 3 aromatic rings. The van der Waals surface area contributed by atoms with Gasteiger partial charge in [-0.3, -0.25) is 5.10 Å². The number of ether oxygens (including phenoxy) is 1. The third-order valence-corrected chi connectivity index (χ3v) is 4.50. The molecule has 2 heterocycles. The molecule has 0 aliphatic carbocycles. The number of nitrogens with one attached hydrogen (secondary N) is 1. The van der Waals surface area contributed by atoms with Crippen LogP contribution in [0.15, 0.2) is 35.7 Å². The zero-order valence-corrected chi connectivity index (χ0v) is 12.8. The maximum atomic E-state index is 6.10. The molecule has 0 atom stereocenters. The molecule has 0 saturated heterocycles. The summed E-state index contributed by atoms with van der Waals surface area (Å²) in [5.74, 6) is 1.28. The Morgan fingerprint density at radius 3 is 2.86 bits per heavy atom. The largest absolute Gasteiger partial charge is 0.496 e. The van der Waals surface area contributed by atoms with Gasteiger partial charge in [0.15, 0.2) is 5.82 Å². The number of aromatic amines is 1. The van der Waals surface area contributed by atoms with Gasteiger partial charge >= 0.3 is 0 Å². The van der Waals surface area contributed by atoms with Gasteiger partial charge in [-0.05, 0) is 29.5 Å². The molecule has 1 aromatic carbocycles.